The summed E-state index contributed by atoms with van der Waals surface area (Å²) in [6.07, 6.45) is 0.0615. The minimum absolute atomic E-state index is 0.0615. The Morgan fingerprint density at radius 2 is 2.22 bits per heavy atom. The molecule has 0 radical (unpaired) electrons. The monoisotopic (exact) mass is 249 g/mol. The van der Waals surface area contributed by atoms with Gasteiger partial charge < -0.3 is 14.7 Å². The number of nitrogens with zero attached hydrogens (tertiary/aromatic N) is 1. The highest BCUT2D eigenvalue weighted by molar-refractivity contribution is 6.00. The summed E-state index contributed by atoms with van der Waals surface area (Å²) < 4.78 is 5.20. The molecule has 5 heteroatoms. The van der Waals surface area contributed by atoms with Gasteiger partial charge >= 0.3 is 5.97 Å². The maximum atomic E-state index is 11.9. The Balaban J connectivity index is 2.33. The Hall–Kier alpha value is -2.04. The number of aliphatic carboxylic acids is 1. The van der Waals surface area contributed by atoms with Gasteiger partial charge in [0.05, 0.1) is 18.7 Å². The number of carboxylic acid groups (broad SMARTS) is 1. The summed E-state index contributed by atoms with van der Waals surface area (Å²) in [5, 5.41) is 8.96. The average Bonchev–Trinajstić information content (AvgIpc) is 2.72. The van der Waals surface area contributed by atoms with E-state index in [1.807, 2.05) is 13.0 Å². The molecule has 1 amide bonds. The van der Waals surface area contributed by atoms with Crippen LogP contribution in [-0.4, -0.2) is 30.6 Å². The topological polar surface area (TPSA) is 66.8 Å². The molecule has 5 nitrogen and oxygen atoms in total. The second kappa shape index (κ2) is 4.68. The summed E-state index contributed by atoms with van der Waals surface area (Å²) in [5.74, 6) is -1.01. The van der Waals surface area contributed by atoms with Crippen molar-refractivity contribution in [1.29, 1.82) is 0 Å². The van der Waals surface area contributed by atoms with Crippen LogP contribution in [0.2, 0.25) is 0 Å². The summed E-state index contributed by atoms with van der Waals surface area (Å²) in [6, 6.07) is 5.41. The number of hydrogen-bond donors (Lipinski definition) is 1. The smallest absolute Gasteiger partial charge is 0.308 e. The van der Waals surface area contributed by atoms with Crippen molar-refractivity contribution in [1.82, 2.24) is 0 Å². The van der Waals surface area contributed by atoms with E-state index in [-0.39, 0.29) is 18.9 Å². The van der Waals surface area contributed by atoms with Crippen LogP contribution in [0.4, 0.5) is 5.69 Å². The molecule has 1 aromatic carbocycles. The molecule has 1 N–H and O–H groups in total. The molecule has 96 valence electrons. The van der Waals surface area contributed by atoms with Gasteiger partial charge in [0, 0.05) is 18.5 Å². The molecule has 1 heterocycles. The van der Waals surface area contributed by atoms with Crippen LogP contribution in [0.15, 0.2) is 18.2 Å². The summed E-state index contributed by atoms with van der Waals surface area (Å²) in [5.41, 5.74) is 1.57. The molecule has 0 saturated carbocycles. The first-order valence-corrected chi connectivity index (χ1v) is 5.71. The number of benzene rings is 1. The summed E-state index contributed by atoms with van der Waals surface area (Å²) in [6.45, 7) is 2.08. The first-order valence-electron chi connectivity index (χ1n) is 5.71. The van der Waals surface area contributed by atoms with Crippen LogP contribution >= 0.6 is 0 Å². The predicted octanol–water partition coefficient (Wildman–Crippen LogP) is 1.44. The second-order valence-corrected chi connectivity index (χ2v) is 4.35. The molecule has 0 bridgehead atoms. The van der Waals surface area contributed by atoms with Crippen molar-refractivity contribution in [2.75, 3.05) is 18.6 Å². The van der Waals surface area contributed by atoms with E-state index in [2.05, 4.69) is 0 Å². The number of carboxylic acids is 1. The minimum atomic E-state index is -0.925. The SMILES string of the molecule is COc1cccc(N2CC(C(=O)O)CC2=O)c1C. The Labute approximate surface area is 105 Å². The Bertz CT molecular complexity index is 498. The van der Waals surface area contributed by atoms with E-state index in [9.17, 15) is 9.59 Å². The number of methoxy groups -OCH3 is 1. The van der Waals surface area contributed by atoms with Gasteiger partial charge in [0.1, 0.15) is 5.75 Å². The Morgan fingerprint density at radius 1 is 1.50 bits per heavy atom. The van der Waals surface area contributed by atoms with Crippen LogP contribution in [0, 0.1) is 12.8 Å². The molecule has 2 rings (SSSR count). The van der Waals surface area contributed by atoms with Crippen LogP contribution in [0.5, 0.6) is 5.75 Å². The van der Waals surface area contributed by atoms with Crippen LogP contribution < -0.4 is 9.64 Å². The van der Waals surface area contributed by atoms with Crippen molar-refractivity contribution >= 4 is 17.6 Å². The molecule has 1 fully saturated rings. The standard InChI is InChI=1S/C13H15NO4/c1-8-10(4-3-5-11(8)18-2)14-7-9(13(16)17)6-12(14)15/h3-5,9H,6-7H2,1-2H3,(H,16,17). The van der Waals surface area contributed by atoms with E-state index in [0.717, 1.165) is 11.3 Å². The van der Waals surface area contributed by atoms with Crippen molar-refractivity contribution in [2.45, 2.75) is 13.3 Å². The molecule has 1 aliphatic rings. The lowest BCUT2D eigenvalue weighted by atomic mass is 10.1. The number of rotatable bonds is 3. The molecule has 1 aliphatic heterocycles. The molecule has 0 aliphatic carbocycles. The summed E-state index contributed by atoms with van der Waals surface area (Å²) in [4.78, 5) is 24.3. The van der Waals surface area contributed by atoms with Gasteiger partial charge in [-0.15, -0.1) is 0 Å². The lowest BCUT2D eigenvalue weighted by Crippen LogP contribution is -2.26. The molecule has 1 unspecified atom stereocenters. The number of amides is 1. The third-order valence-corrected chi connectivity index (χ3v) is 3.24. The molecular formula is C13H15NO4. The average molecular weight is 249 g/mol. The number of carbonyl (C=O) groups excluding carboxylic acids is 1. The number of hydrogen-bond acceptors (Lipinski definition) is 3. The van der Waals surface area contributed by atoms with E-state index in [0.29, 0.717) is 5.75 Å². The maximum absolute atomic E-state index is 11.9. The van der Waals surface area contributed by atoms with E-state index in [1.54, 1.807) is 19.2 Å². The highest BCUT2D eigenvalue weighted by Gasteiger charge is 2.35. The summed E-state index contributed by atoms with van der Waals surface area (Å²) in [7, 11) is 1.57. The van der Waals surface area contributed by atoms with Gasteiger partial charge in [0.2, 0.25) is 5.91 Å². The van der Waals surface area contributed by atoms with Gasteiger partial charge in [-0.3, -0.25) is 9.59 Å². The highest BCUT2D eigenvalue weighted by atomic mass is 16.5. The van der Waals surface area contributed by atoms with Crippen LogP contribution in [-0.2, 0) is 9.59 Å². The van der Waals surface area contributed by atoms with Crippen LogP contribution in [0.1, 0.15) is 12.0 Å². The molecule has 1 aromatic rings. The van der Waals surface area contributed by atoms with Gasteiger partial charge in [-0.1, -0.05) is 6.07 Å². The fourth-order valence-electron chi connectivity index (χ4n) is 2.22. The molecule has 0 aromatic heterocycles. The van der Waals surface area contributed by atoms with Crippen molar-refractivity contribution in [3.05, 3.63) is 23.8 Å². The molecular weight excluding hydrogens is 234 g/mol. The minimum Gasteiger partial charge on any atom is -0.496 e. The zero-order valence-corrected chi connectivity index (χ0v) is 10.3. The van der Waals surface area contributed by atoms with Gasteiger partial charge in [0.15, 0.2) is 0 Å². The zero-order chi connectivity index (χ0) is 13.3. The van der Waals surface area contributed by atoms with Crippen molar-refractivity contribution in [3.8, 4) is 5.75 Å². The van der Waals surface area contributed by atoms with Crippen LogP contribution in [0.3, 0.4) is 0 Å². The van der Waals surface area contributed by atoms with Gasteiger partial charge in [-0.05, 0) is 19.1 Å². The van der Waals surface area contributed by atoms with Gasteiger partial charge in [-0.25, -0.2) is 0 Å². The predicted molar refractivity (Wildman–Crippen MR) is 65.8 cm³/mol. The van der Waals surface area contributed by atoms with Gasteiger partial charge in [-0.2, -0.15) is 0 Å². The van der Waals surface area contributed by atoms with E-state index in [4.69, 9.17) is 9.84 Å². The number of carbonyl (C=O) groups is 2. The molecule has 0 spiro atoms. The Morgan fingerprint density at radius 3 is 2.78 bits per heavy atom. The van der Waals surface area contributed by atoms with Crippen molar-refractivity contribution in [3.63, 3.8) is 0 Å². The lowest BCUT2D eigenvalue weighted by Gasteiger charge is -2.20. The maximum Gasteiger partial charge on any atom is 0.308 e. The fourth-order valence-corrected chi connectivity index (χ4v) is 2.22. The summed E-state index contributed by atoms with van der Waals surface area (Å²) >= 11 is 0. The fraction of sp³-hybridized carbons (Fsp3) is 0.385. The van der Waals surface area contributed by atoms with E-state index < -0.39 is 11.9 Å². The normalized spacial score (nSPS) is 19.1. The van der Waals surface area contributed by atoms with Gasteiger partial charge in [0.25, 0.3) is 0 Å². The van der Waals surface area contributed by atoms with E-state index in [1.165, 1.54) is 4.90 Å². The third kappa shape index (κ3) is 2.03. The number of anilines is 1. The zero-order valence-electron chi connectivity index (χ0n) is 10.3. The first-order chi connectivity index (χ1) is 8.54. The molecule has 1 atom stereocenters. The third-order valence-electron chi connectivity index (χ3n) is 3.24. The second-order valence-electron chi connectivity index (χ2n) is 4.35. The van der Waals surface area contributed by atoms with Crippen LogP contribution in [0.25, 0.3) is 0 Å². The first kappa shape index (κ1) is 12.4. The highest BCUT2D eigenvalue weighted by Crippen LogP contribution is 2.32. The van der Waals surface area contributed by atoms with Crippen molar-refractivity contribution in [2.24, 2.45) is 5.92 Å². The molecule has 1 saturated heterocycles. The van der Waals surface area contributed by atoms with Crippen molar-refractivity contribution < 1.29 is 19.4 Å². The lowest BCUT2D eigenvalue weighted by molar-refractivity contribution is -0.141. The number of ether oxygens (including phenoxy) is 1. The quantitative estimate of drug-likeness (QED) is 0.880. The molecule has 18 heavy (non-hydrogen) atoms. The largest absolute Gasteiger partial charge is 0.496 e. The Kier molecular flexibility index (Phi) is 3.23. The van der Waals surface area contributed by atoms with E-state index >= 15 is 0 Å².